The number of H-pyrrole nitrogens is 1. The van der Waals surface area contributed by atoms with E-state index in [0.717, 1.165) is 21.5 Å². The highest BCUT2D eigenvalue weighted by Gasteiger charge is 2.19. The molecule has 0 aliphatic carbocycles. The molecule has 0 saturated heterocycles. The average molecular weight is 483 g/mol. The number of aromatic amines is 1. The van der Waals surface area contributed by atoms with Crippen LogP contribution in [0.25, 0.3) is 27.8 Å². The molecule has 0 bridgehead atoms. The summed E-state index contributed by atoms with van der Waals surface area (Å²) in [5.41, 5.74) is 3.97. The molecule has 6 rings (SSSR count). The fourth-order valence-electron chi connectivity index (χ4n) is 4.00. The molecule has 5 aromatic rings. The van der Waals surface area contributed by atoms with Crippen LogP contribution in [-0.4, -0.2) is 18.5 Å². The molecule has 4 aromatic carbocycles. The number of hydrogen-bond acceptors (Lipinski definition) is 7. The van der Waals surface area contributed by atoms with Gasteiger partial charge in [0.1, 0.15) is 0 Å². The van der Waals surface area contributed by atoms with Gasteiger partial charge in [-0.2, -0.15) is 8.42 Å². The molecule has 1 aliphatic heterocycles. The first-order valence-electron chi connectivity index (χ1n) is 10.7. The van der Waals surface area contributed by atoms with Crippen molar-refractivity contribution in [2.75, 3.05) is 5.48 Å². The molecule has 172 valence electrons. The van der Waals surface area contributed by atoms with E-state index in [4.69, 9.17) is 4.28 Å². The lowest BCUT2D eigenvalue weighted by atomic mass is 10.1. The highest BCUT2D eigenvalue weighted by Crippen LogP contribution is 2.32. The molecule has 0 unspecified atom stereocenters. The second kappa shape index (κ2) is 8.08. The van der Waals surface area contributed by atoms with Crippen molar-refractivity contribution in [1.29, 1.82) is 0 Å². The second-order valence-corrected chi connectivity index (χ2v) is 9.56. The van der Waals surface area contributed by atoms with Crippen molar-refractivity contribution in [3.8, 4) is 5.88 Å². The lowest BCUT2D eigenvalue weighted by Crippen LogP contribution is -2.19. The predicted molar refractivity (Wildman–Crippen MR) is 133 cm³/mol. The van der Waals surface area contributed by atoms with Gasteiger partial charge in [-0.05, 0) is 59.3 Å². The van der Waals surface area contributed by atoms with E-state index in [1.54, 1.807) is 24.3 Å². The number of para-hydroxylation sites is 2. The molecule has 9 heteroatoms. The second-order valence-electron chi connectivity index (χ2n) is 8.01. The van der Waals surface area contributed by atoms with Gasteiger partial charge in [0.2, 0.25) is 0 Å². The van der Waals surface area contributed by atoms with Crippen LogP contribution < -0.4 is 16.2 Å². The van der Waals surface area contributed by atoms with E-state index < -0.39 is 10.1 Å². The normalized spacial score (nSPS) is 12.9. The highest BCUT2D eigenvalue weighted by atomic mass is 32.2. The van der Waals surface area contributed by atoms with Gasteiger partial charge >= 0.3 is 10.1 Å². The number of benzene rings is 4. The molecule has 1 aliphatic rings. The smallest absolute Gasteiger partial charge is 0.317 e. The van der Waals surface area contributed by atoms with Gasteiger partial charge < -0.3 is 10.1 Å². The first-order chi connectivity index (χ1) is 17.0. The molecule has 8 nitrogen and oxygen atoms in total. The van der Waals surface area contributed by atoms with E-state index in [1.807, 2.05) is 54.6 Å². The summed E-state index contributed by atoms with van der Waals surface area (Å²) >= 11 is 0. The summed E-state index contributed by atoms with van der Waals surface area (Å²) in [4.78, 5) is 11.7. The number of hydrogen-bond donors (Lipinski definition) is 3. The minimum atomic E-state index is -4.16. The fraction of sp³-hybridized carbons (Fsp3) is 0. The maximum Gasteiger partial charge on any atom is 0.317 e. The molecule has 0 amide bonds. The van der Waals surface area contributed by atoms with Gasteiger partial charge in [0.05, 0.1) is 21.3 Å². The minimum absolute atomic E-state index is 0.0690. The summed E-state index contributed by atoms with van der Waals surface area (Å²) in [6.45, 7) is 0. The molecule has 0 saturated carbocycles. The highest BCUT2D eigenvalue weighted by molar-refractivity contribution is 7.86. The average Bonchev–Trinajstić information content (AvgIpc) is 3.42. The topological polar surface area (TPSA) is 116 Å². The van der Waals surface area contributed by atoms with Crippen LogP contribution in [0.15, 0.2) is 106 Å². The molecular formula is C26H18N4O4S. The van der Waals surface area contributed by atoms with Crippen LogP contribution in [0, 0.1) is 0 Å². The number of fused-ring (bicyclic) bond motifs is 3. The zero-order valence-corrected chi connectivity index (χ0v) is 19.0. The summed E-state index contributed by atoms with van der Waals surface area (Å²) < 4.78 is 30.9. The monoisotopic (exact) mass is 482 g/mol. The summed E-state index contributed by atoms with van der Waals surface area (Å²) in [5.74, 6) is 0.295. The Morgan fingerprint density at radius 2 is 1.57 bits per heavy atom. The van der Waals surface area contributed by atoms with Gasteiger partial charge in [-0.25, -0.2) is 15.5 Å². The molecule has 0 fully saturated rings. The van der Waals surface area contributed by atoms with Crippen molar-refractivity contribution in [2.24, 2.45) is 9.98 Å². The van der Waals surface area contributed by atoms with E-state index in [0.29, 0.717) is 28.0 Å². The molecule has 0 atom stereocenters. The van der Waals surface area contributed by atoms with E-state index in [9.17, 15) is 13.5 Å². The first kappa shape index (κ1) is 21.1. The van der Waals surface area contributed by atoms with Crippen LogP contribution in [0.2, 0.25) is 0 Å². The summed E-state index contributed by atoms with van der Waals surface area (Å²) in [6, 6.07) is 25.0. The van der Waals surface area contributed by atoms with E-state index >= 15 is 0 Å². The Kier molecular flexibility index (Phi) is 4.87. The molecular weight excluding hydrogens is 464 g/mol. The third kappa shape index (κ3) is 3.92. The zero-order valence-electron chi connectivity index (χ0n) is 18.1. The Morgan fingerprint density at radius 1 is 0.857 bits per heavy atom. The van der Waals surface area contributed by atoms with Gasteiger partial charge in [0.15, 0.2) is 11.7 Å². The quantitative estimate of drug-likeness (QED) is 0.327. The zero-order chi connectivity index (χ0) is 24.0. The number of rotatable bonds is 5. The number of aromatic hydroxyl groups is 1. The third-order valence-corrected chi connectivity index (χ3v) is 6.86. The van der Waals surface area contributed by atoms with Crippen LogP contribution in [0.5, 0.6) is 5.88 Å². The van der Waals surface area contributed by atoms with Gasteiger partial charge in [-0.1, -0.05) is 42.5 Å². The molecule has 0 radical (unpaired) electrons. The fourth-order valence-corrected chi connectivity index (χ4v) is 4.80. The summed E-state index contributed by atoms with van der Waals surface area (Å²) in [6.07, 6.45) is 1.61. The van der Waals surface area contributed by atoms with Crippen LogP contribution in [0.3, 0.4) is 0 Å². The Labute approximate surface area is 199 Å². The molecule has 3 N–H and O–H groups in total. The van der Waals surface area contributed by atoms with E-state index in [-0.39, 0.29) is 10.8 Å². The third-order valence-electron chi connectivity index (χ3n) is 5.72. The lowest BCUT2D eigenvalue weighted by Gasteiger charge is -2.09. The Morgan fingerprint density at radius 3 is 2.34 bits per heavy atom. The van der Waals surface area contributed by atoms with Crippen LogP contribution >= 0.6 is 0 Å². The summed E-state index contributed by atoms with van der Waals surface area (Å²) in [7, 11) is -4.16. The van der Waals surface area contributed by atoms with Crippen molar-refractivity contribution in [2.45, 2.75) is 4.90 Å². The van der Waals surface area contributed by atoms with Gasteiger partial charge in [0.25, 0.3) is 0 Å². The molecule has 0 spiro atoms. The number of nitrogens with zero attached hydrogens (tertiary/aromatic N) is 2. The van der Waals surface area contributed by atoms with Crippen molar-refractivity contribution in [3.05, 3.63) is 107 Å². The lowest BCUT2D eigenvalue weighted by molar-refractivity contribution is 0.391. The van der Waals surface area contributed by atoms with Crippen molar-refractivity contribution in [1.82, 2.24) is 4.98 Å². The first-order valence-corrected chi connectivity index (χ1v) is 12.1. The SMILES string of the molecule is O=S(=O)(ONc1ccc2ccccc2c1)c1ccc2[nH]c(O)c(C=C3N=c4ccccc4=N3)c2c1. The Bertz CT molecular complexity index is 1860. The van der Waals surface area contributed by atoms with Crippen LogP contribution in [-0.2, 0) is 14.4 Å². The summed E-state index contributed by atoms with van der Waals surface area (Å²) in [5, 5.41) is 14.4. The Hall–Kier alpha value is -4.47. The van der Waals surface area contributed by atoms with E-state index in [1.165, 1.54) is 12.1 Å². The molecule has 35 heavy (non-hydrogen) atoms. The standard InChI is InChI=1S/C26H18N4O4S/c31-26-21(15-25-27-23-7-3-4-8-24(23)28-25)20-14-19(11-12-22(20)29-26)35(32,33)34-30-18-10-9-16-5-1-2-6-17(16)13-18/h1-15,29-31H. The number of anilines is 1. The van der Waals surface area contributed by atoms with Crippen molar-refractivity contribution in [3.63, 3.8) is 0 Å². The maximum atomic E-state index is 12.9. The largest absolute Gasteiger partial charge is 0.494 e. The maximum absolute atomic E-state index is 12.9. The Balaban J connectivity index is 1.32. The predicted octanol–water partition coefficient (Wildman–Crippen LogP) is 4.01. The van der Waals surface area contributed by atoms with Crippen molar-refractivity contribution < 1.29 is 17.8 Å². The van der Waals surface area contributed by atoms with Gasteiger partial charge in [-0.3, -0.25) is 0 Å². The molecule has 1 aromatic heterocycles. The van der Waals surface area contributed by atoms with Crippen LogP contribution in [0.1, 0.15) is 5.56 Å². The molecule has 2 heterocycles. The number of aromatic nitrogens is 1. The van der Waals surface area contributed by atoms with Gasteiger partial charge in [0, 0.05) is 16.5 Å². The van der Waals surface area contributed by atoms with Crippen molar-refractivity contribution >= 4 is 43.6 Å². The number of nitrogens with one attached hydrogen (secondary N) is 2. The minimum Gasteiger partial charge on any atom is -0.494 e. The van der Waals surface area contributed by atoms with Gasteiger partial charge in [-0.15, -0.1) is 4.28 Å². The van der Waals surface area contributed by atoms with Crippen LogP contribution in [0.4, 0.5) is 5.69 Å². The van der Waals surface area contributed by atoms with E-state index in [2.05, 4.69) is 20.4 Å².